The molecule has 2 aromatic rings. The highest BCUT2D eigenvalue weighted by molar-refractivity contribution is 5.91. The second-order valence-electron chi connectivity index (χ2n) is 7.10. The number of hydrogen-bond acceptors (Lipinski definition) is 4. The summed E-state index contributed by atoms with van der Waals surface area (Å²) in [7, 11) is 0. The van der Waals surface area contributed by atoms with E-state index in [9.17, 15) is 9.18 Å². The summed E-state index contributed by atoms with van der Waals surface area (Å²) in [6.45, 7) is 1.49. The van der Waals surface area contributed by atoms with Gasteiger partial charge in [-0.3, -0.25) is 4.79 Å². The second kappa shape index (κ2) is 9.60. The Bertz CT molecular complexity index is 774. The zero-order chi connectivity index (χ0) is 19.1. The van der Waals surface area contributed by atoms with E-state index in [0.717, 1.165) is 63.7 Å². The third-order valence-electron chi connectivity index (χ3n) is 4.96. The maximum Gasteiger partial charge on any atom is 0.224 e. The molecule has 2 heterocycles. The minimum absolute atomic E-state index is 0.0552. The molecule has 3 rings (SSSR count). The van der Waals surface area contributed by atoms with Gasteiger partial charge in [-0.2, -0.15) is 0 Å². The number of nitrogens with zero attached hydrogens (tertiary/aromatic N) is 3. The Labute approximate surface area is 159 Å². The van der Waals surface area contributed by atoms with Crippen molar-refractivity contribution in [2.45, 2.75) is 64.3 Å². The molecule has 0 fully saturated rings. The predicted octanol–water partition coefficient (Wildman–Crippen LogP) is 3.66. The zero-order valence-corrected chi connectivity index (χ0v) is 15.7. The van der Waals surface area contributed by atoms with E-state index >= 15 is 0 Å². The molecule has 1 amide bonds. The number of hydrogen-bond donors (Lipinski definition) is 2. The molecule has 6 nitrogen and oxygen atoms in total. The summed E-state index contributed by atoms with van der Waals surface area (Å²) in [5, 5.41) is 11.3. The summed E-state index contributed by atoms with van der Waals surface area (Å²) in [5.41, 5.74) is 6.44. The molecule has 0 spiro atoms. The molecule has 146 valence electrons. The topological polar surface area (TPSA) is 85.8 Å². The van der Waals surface area contributed by atoms with Crippen molar-refractivity contribution < 1.29 is 9.18 Å². The molecule has 1 aliphatic rings. The summed E-state index contributed by atoms with van der Waals surface area (Å²) in [6.07, 6.45) is 8.46. The van der Waals surface area contributed by atoms with E-state index in [0.29, 0.717) is 30.0 Å². The summed E-state index contributed by atoms with van der Waals surface area (Å²) in [6, 6.07) is 4.62. The van der Waals surface area contributed by atoms with Gasteiger partial charge in [0.1, 0.15) is 11.6 Å². The second-order valence-corrected chi connectivity index (χ2v) is 7.10. The van der Waals surface area contributed by atoms with Gasteiger partial charge in [-0.1, -0.05) is 19.3 Å². The first-order valence-electron chi connectivity index (χ1n) is 9.91. The van der Waals surface area contributed by atoms with Crippen molar-refractivity contribution in [2.75, 3.05) is 11.9 Å². The van der Waals surface area contributed by atoms with Gasteiger partial charge in [0, 0.05) is 25.1 Å². The standard InChI is InChI=1S/C20H28FN5O/c21-17-11-10-15(23-19(27)9-5-1-2-6-12-22)14-16(17)20-25-24-18-8-4-3-7-13-26(18)20/h10-11,14H,1-9,12-13,22H2,(H,23,27). The highest BCUT2D eigenvalue weighted by Gasteiger charge is 2.19. The lowest BCUT2D eigenvalue weighted by molar-refractivity contribution is -0.116. The van der Waals surface area contributed by atoms with Gasteiger partial charge in [0.2, 0.25) is 5.91 Å². The smallest absolute Gasteiger partial charge is 0.224 e. The highest BCUT2D eigenvalue weighted by Crippen LogP contribution is 2.27. The molecule has 0 aliphatic carbocycles. The number of carbonyl (C=O) groups excluding carboxylic acids is 1. The molecule has 0 unspecified atom stereocenters. The van der Waals surface area contributed by atoms with Crippen LogP contribution in [0.15, 0.2) is 18.2 Å². The number of anilines is 1. The molecule has 1 aromatic carbocycles. The minimum Gasteiger partial charge on any atom is -0.330 e. The normalized spacial score (nSPS) is 13.9. The third-order valence-corrected chi connectivity index (χ3v) is 4.96. The number of unbranched alkanes of at least 4 members (excludes halogenated alkanes) is 3. The molecule has 3 N–H and O–H groups in total. The Morgan fingerprint density at radius 1 is 1.15 bits per heavy atom. The first-order valence-corrected chi connectivity index (χ1v) is 9.91. The molecule has 0 bridgehead atoms. The molecule has 0 saturated heterocycles. The number of rotatable bonds is 8. The van der Waals surface area contributed by atoms with Gasteiger partial charge in [-0.15, -0.1) is 10.2 Å². The van der Waals surface area contributed by atoms with Gasteiger partial charge in [-0.25, -0.2) is 4.39 Å². The average molecular weight is 373 g/mol. The Morgan fingerprint density at radius 3 is 2.85 bits per heavy atom. The molecule has 0 saturated carbocycles. The number of nitrogens with two attached hydrogens (primary N) is 1. The van der Waals surface area contributed by atoms with Crippen LogP contribution in [0.4, 0.5) is 10.1 Å². The monoisotopic (exact) mass is 373 g/mol. The molecule has 0 radical (unpaired) electrons. The van der Waals surface area contributed by atoms with Gasteiger partial charge in [0.25, 0.3) is 0 Å². The van der Waals surface area contributed by atoms with Crippen LogP contribution in [0.3, 0.4) is 0 Å². The number of benzene rings is 1. The average Bonchev–Trinajstić information content (AvgIpc) is 2.91. The number of fused-ring (bicyclic) bond motifs is 1. The van der Waals surface area contributed by atoms with Crippen LogP contribution in [0.5, 0.6) is 0 Å². The highest BCUT2D eigenvalue weighted by atomic mass is 19.1. The van der Waals surface area contributed by atoms with E-state index < -0.39 is 0 Å². The van der Waals surface area contributed by atoms with E-state index in [1.165, 1.54) is 6.07 Å². The molecular formula is C20H28FN5O. The quantitative estimate of drug-likeness (QED) is 0.692. The number of aryl methyl sites for hydroxylation is 1. The van der Waals surface area contributed by atoms with Crippen molar-refractivity contribution in [3.8, 4) is 11.4 Å². The predicted molar refractivity (Wildman–Crippen MR) is 104 cm³/mol. The SMILES string of the molecule is NCCCCCCC(=O)Nc1ccc(F)c(-c2nnc3n2CCCCC3)c1. The largest absolute Gasteiger partial charge is 0.330 e. The zero-order valence-electron chi connectivity index (χ0n) is 15.7. The van der Waals surface area contributed by atoms with Gasteiger partial charge >= 0.3 is 0 Å². The van der Waals surface area contributed by atoms with Crippen LogP contribution in [0.2, 0.25) is 0 Å². The van der Waals surface area contributed by atoms with E-state index in [4.69, 9.17) is 5.73 Å². The lowest BCUT2D eigenvalue weighted by atomic mass is 10.1. The molecule has 1 aliphatic heterocycles. The van der Waals surface area contributed by atoms with E-state index in [2.05, 4.69) is 15.5 Å². The van der Waals surface area contributed by atoms with Crippen LogP contribution in [-0.4, -0.2) is 27.2 Å². The summed E-state index contributed by atoms with van der Waals surface area (Å²) < 4.78 is 16.5. The first kappa shape index (κ1) is 19.5. The molecule has 27 heavy (non-hydrogen) atoms. The number of carbonyl (C=O) groups is 1. The van der Waals surface area contributed by atoms with Crippen molar-refractivity contribution in [3.05, 3.63) is 29.8 Å². The van der Waals surface area contributed by atoms with Crippen molar-refractivity contribution in [1.29, 1.82) is 0 Å². The number of nitrogens with one attached hydrogen (secondary N) is 1. The summed E-state index contributed by atoms with van der Waals surface area (Å²) in [4.78, 5) is 12.1. The van der Waals surface area contributed by atoms with Crippen molar-refractivity contribution in [1.82, 2.24) is 14.8 Å². The van der Waals surface area contributed by atoms with Crippen LogP contribution < -0.4 is 11.1 Å². The fourth-order valence-electron chi connectivity index (χ4n) is 3.47. The van der Waals surface area contributed by atoms with Gasteiger partial charge in [0.05, 0.1) is 5.56 Å². The fourth-order valence-corrected chi connectivity index (χ4v) is 3.47. The van der Waals surface area contributed by atoms with Crippen LogP contribution in [-0.2, 0) is 17.8 Å². The van der Waals surface area contributed by atoms with Gasteiger partial charge in [0.15, 0.2) is 5.82 Å². The van der Waals surface area contributed by atoms with Gasteiger partial charge in [-0.05, 0) is 50.4 Å². The Kier molecular flexibility index (Phi) is 6.92. The summed E-state index contributed by atoms with van der Waals surface area (Å²) >= 11 is 0. The van der Waals surface area contributed by atoms with E-state index in [-0.39, 0.29) is 11.7 Å². The van der Waals surface area contributed by atoms with Crippen molar-refractivity contribution >= 4 is 11.6 Å². The minimum atomic E-state index is -0.353. The van der Waals surface area contributed by atoms with E-state index in [1.807, 2.05) is 4.57 Å². The fraction of sp³-hybridized carbons (Fsp3) is 0.550. The maximum atomic E-state index is 14.5. The first-order chi connectivity index (χ1) is 13.2. The van der Waals surface area contributed by atoms with Crippen LogP contribution >= 0.6 is 0 Å². The van der Waals surface area contributed by atoms with Crippen LogP contribution in [0, 0.1) is 5.82 Å². The number of halogens is 1. The summed E-state index contributed by atoms with van der Waals surface area (Å²) in [5.74, 6) is 1.05. The molecular weight excluding hydrogens is 345 g/mol. The third kappa shape index (κ3) is 5.13. The van der Waals surface area contributed by atoms with Crippen molar-refractivity contribution in [3.63, 3.8) is 0 Å². The lowest BCUT2D eigenvalue weighted by Crippen LogP contribution is -2.11. The number of aromatic nitrogens is 3. The maximum absolute atomic E-state index is 14.5. The number of amides is 1. The van der Waals surface area contributed by atoms with E-state index in [1.54, 1.807) is 12.1 Å². The molecule has 7 heteroatoms. The Balaban J connectivity index is 1.68. The van der Waals surface area contributed by atoms with Crippen LogP contribution in [0.1, 0.15) is 57.2 Å². The van der Waals surface area contributed by atoms with Gasteiger partial charge < -0.3 is 15.6 Å². The van der Waals surface area contributed by atoms with Crippen LogP contribution in [0.25, 0.3) is 11.4 Å². The van der Waals surface area contributed by atoms with Crippen molar-refractivity contribution in [2.24, 2.45) is 5.73 Å². The Morgan fingerprint density at radius 2 is 2.00 bits per heavy atom. The lowest BCUT2D eigenvalue weighted by Gasteiger charge is -2.10. The Hall–Kier alpha value is -2.28. The molecule has 0 atom stereocenters. The molecule has 1 aromatic heterocycles.